The molecule has 0 aromatic heterocycles. The molecule has 0 radical (unpaired) electrons. The molecular formula is C21H31N3O3S. The van der Waals surface area contributed by atoms with Gasteiger partial charge in [-0.25, -0.2) is 8.42 Å². The molecule has 0 bridgehead atoms. The highest BCUT2D eigenvalue weighted by molar-refractivity contribution is 7.89. The lowest BCUT2D eigenvalue weighted by Gasteiger charge is -2.31. The molecule has 0 spiro atoms. The minimum absolute atomic E-state index is 0.0119. The summed E-state index contributed by atoms with van der Waals surface area (Å²) in [4.78, 5) is 15.1. The summed E-state index contributed by atoms with van der Waals surface area (Å²) < 4.78 is 27.1. The first-order valence-electron chi connectivity index (χ1n) is 9.78. The Morgan fingerprint density at radius 3 is 2.21 bits per heavy atom. The van der Waals surface area contributed by atoms with Gasteiger partial charge in [0.1, 0.15) is 0 Å². The normalized spacial score (nSPS) is 25.2. The van der Waals surface area contributed by atoms with E-state index in [4.69, 9.17) is 0 Å². The van der Waals surface area contributed by atoms with Crippen molar-refractivity contribution in [2.75, 3.05) is 38.5 Å². The summed E-state index contributed by atoms with van der Waals surface area (Å²) in [6.45, 7) is 10.8. The van der Waals surface area contributed by atoms with Crippen molar-refractivity contribution in [1.29, 1.82) is 0 Å². The highest BCUT2D eigenvalue weighted by Crippen LogP contribution is 2.59. The maximum Gasteiger partial charge on any atom is 0.243 e. The van der Waals surface area contributed by atoms with Crippen LogP contribution in [0.15, 0.2) is 40.8 Å². The minimum atomic E-state index is -3.49. The second kappa shape index (κ2) is 7.61. The molecule has 1 saturated carbocycles. The van der Waals surface area contributed by atoms with Crippen molar-refractivity contribution in [1.82, 2.24) is 9.21 Å². The number of nitrogens with zero attached hydrogens (tertiary/aromatic N) is 2. The zero-order valence-electron chi connectivity index (χ0n) is 17.4. The van der Waals surface area contributed by atoms with E-state index in [-0.39, 0.29) is 28.1 Å². The highest BCUT2D eigenvalue weighted by Gasteiger charge is 2.60. The van der Waals surface area contributed by atoms with E-state index >= 15 is 0 Å². The number of anilines is 1. The fourth-order valence-electron chi connectivity index (χ4n) is 3.96. The number of carbonyl (C=O) groups is 1. The standard InChI is InChI=1S/C21H31N3O3S/c1-15(2)14-18-19(21(18,3)4)20(25)22-16-6-8-17(9-7-16)28(26,27)24-12-10-23(5)11-13-24/h6-9,14,18-19H,10-13H2,1-5H3,(H,22,25). The Kier molecular flexibility index (Phi) is 5.71. The van der Waals surface area contributed by atoms with Crippen molar-refractivity contribution >= 4 is 21.6 Å². The van der Waals surface area contributed by atoms with Gasteiger partial charge in [0.2, 0.25) is 15.9 Å². The van der Waals surface area contributed by atoms with Crippen LogP contribution < -0.4 is 5.32 Å². The third-order valence-corrected chi connectivity index (χ3v) is 7.84. The van der Waals surface area contributed by atoms with E-state index in [1.54, 1.807) is 24.3 Å². The zero-order chi connectivity index (χ0) is 20.7. The molecule has 3 rings (SSSR count). The summed E-state index contributed by atoms with van der Waals surface area (Å²) in [6, 6.07) is 6.50. The molecule has 2 aliphatic rings. The number of sulfonamides is 1. The lowest BCUT2D eigenvalue weighted by Crippen LogP contribution is -2.46. The van der Waals surface area contributed by atoms with Crippen LogP contribution in [0.4, 0.5) is 5.69 Å². The van der Waals surface area contributed by atoms with E-state index in [9.17, 15) is 13.2 Å². The van der Waals surface area contributed by atoms with Crippen molar-refractivity contribution in [2.45, 2.75) is 32.6 Å². The van der Waals surface area contributed by atoms with Gasteiger partial charge in [0.15, 0.2) is 0 Å². The predicted octanol–water partition coefficient (Wildman–Crippen LogP) is 2.80. The molecule has 28 heavy (non-hydrogen) atoms. The van der Waals surface area contributed by atoms with Crippen LogP contribution in [-0.4, -0.2) is 56.8 Å². The average molecular weight is 406 g/mol. The number of amides is 1. The first-order chi connectivity index (χ1) is 13.0. The van der Waals surface area contributed by atoms with Gasteiger partial charge >= 0.3 is 0 Å². The maximum absolute atomic E-state index is 12.8. The van der Waals surface area contributed by atoms with Gasteiger partial charge in [-0.15, -0.1) is 0 Å². The molecule has 1 aliphatic carbocycles. The van der Waals surface area contributed by atoms with E-state index in [0.717, 1.165) is 13.1 Å². The Bertz CT molecular complexity index is 863. The van der Waals surface area contributed by atoms with E-state index in [2.05, 4.69) is 30.1 Å². The fourth-order valence-corrected chi connectivity index (χ4v) is 5.38. The molecule has 1 aromatic carbocycles. The molecule has 1 saturated heterocycles. The van der Waals surface area contributed by atoms with Gasteiger partial charge in [-0.1, -0.05) is 25.5 Å². The molecular weight excluding hydrogens is 374 g/mol. The summed E-state index contributed by atoms with van der Waals surface area (Å²) in [6.07, 6.45) is 2.16. The van der Waals surface area contributed by atoms with Crippen molar-refractivity contribution in [2.24, 2.45) is 17.3 Å². The molecule has 1 aliphatic heterocycles. The summed E-state index contributed by atoms with van der Waals surface area (Å²) in [5, 5.41) is 2.94. The zero-order valence-corrected chi connectivity index (χ0v) is 18.2. The van der Waals surface area contributed by atoms with Crippen LogP contribution in [-0.2, 0) is 14.8 Å². The van der Waals surface area contributed by atoms with Crippen molar-refractivity contribution in [3.63, 3.8) is 0 Å². The number of nitrogens with one attached hydrogen (secondary N) is 1. The number of hydrogen-bond donors (Lipinski definition) is 1. The largest absolute Gasteiger partial charge is 0.326 e. The molecule has 2 fully saturated rings. The van der Waals surface area contributed by atoms with E-state index in [0.29, 0.717) is 18.8 Å². The molecule has 2 atom stereocenters. The monoisotopic (exact) mass is 405 g/mol. The lowest BCUT2D eigenvalue weighted by atomic mass is 10.1. The summed E-state index contributed by atoms with van der Waals surface area (Å²) in [5.74, 6) is 0.174. The van der Waals surface area contributed by atoms with Crippen molar-refractivity contribution in [3.8, 4) is 0 Å². The smallest absolute Gasteiger partial charge is 0.243 e. The second-order valence-electron chi connectivity index (χ2n) is 8.79. The van der Waals surface area contributed by atoms with Crippen LogP contribution in [0.5, 0.6) is 0 Å². The van der Waals surface area contributed by atoms with E-state index in [1.165, 1.54) is 9.88 Å². The van der Waals surface area contributed by atoms with Gasteiger partial charge in [0, 0.05) is 31.9 Å². The number of carbonyl (C=O) groups excluding carboxylic acids is 1. The predicted molar refractivity (Wildman–Crippen MR) is 112 cm³/mol. The second-order valence-corrected chi connectivity index (χ2v) is 10.7. The summed E-state index contributed by atoms with van der Waals surface area (Å²) in [7, 11) is -1.50. The van der Waals surface area contributed by atoms with Gasteiger partial charge in [-0.3, -0.25) is 4.79 Å². The lowest BCUT2D eigenvalue weighted by molar-refractivity contribution is -0.118. The van der Waals surface area contributed by atoms with Crippen molar-refractivity contribution < 1.29 is 13.2 Å². The van der Waals surface area contributed by atoms with Gasteiger partial charge in [-0.05, 0) is 56.5 Å². The van der Waals surface area contributed by atoms with Gasteiger partial charge in [0.05, 0.1) is 10.8 Å². The minimum Gasteiger partial charge on any atom is -0.326 e. The molecule has 1 heterocycles. The maximum atomic E-state index is 12.8. The number of likely N-dealkylation sites (N-methyl/N-ethyl adjacent to an activating group) is 1. The quantitative estimate of drug-likeness (QED) is 0.765. The topological polar surface area (TPSA) is 69.7 Å². The number of benzene rings is 1. The average Bonchev–Trinajstić information content (AvgIpc) is 3.15. The van der Waals surface area contributed by atoms with Crippen LogP contribution in [0.25, 0.3) is 0 Å². The number of allylic oxidation sites excluding steroid dienone is 2. The number of rotatable bonds is 5. The molecule has 6 nitrogen and oxygen atoms in total. The number of piperazine rings is 1. The van der Waals surface area contributed by atoms with Crippen LogP contribution in [0.1, 0.15) is 27.7 Å². The number of hydrogen-bond acceptors (Lipinski definition) is 4. The van der Waals surface area contributed by atoms with Gasteiger partial charge < -0.3 is 10.2 Å². The Morgan fingerprint density at radius 2 is 1.68 bits per heavy atom. The molecule has 1 aromatic rings. The highest BCUT2D eigenvalue weighted by atomic mass is 32.2. The van der Waals surface area contributed by atoms with Gasteiger partial charge in [0.25, 0.3) is 0 Å². The fraction of sp³-hybridized carbons (Fsp3) is 0.571. The SMILES string of the molecule is CC(C)=CC1C(C(=O)Nc2ccc(S(=O)(=O)N3CCN(C)CC3)cc2)C1(C)C. The molecule has 154 valence electrons. The Hall–Kier alpha value is -1.70. The van der Waals surface area contributed by atoms with Crippen LogP contribution in [0.3, 0.4) is 0 Å². The third kappa shape index (κ3) is 4.16. The van der Waals surface area contributed by atoms with Gasteiger partial charge in [-0.2, -0.15) is 4.31 Å². The molecule has 1 N–H and O–H groups in total. The van der Waals surface area contributed by atoms with Crippen molar-refractivity contribution in [3.05, 3.63) is 35.9 Å². The van der Waals surface area contributed by atoms with Crippen LogP contribution in [0.2, 0.25) is 0 Å². The first-order valence-corrected chi connectivity index (χ1v) is 11.2. The van der Waals surface area contributed by atoms with Crippen LogP contribution in [0, 0.1) is 17.3 Å². The first kappa shape index (κ1) is 21.0. The Labute approximate surface area is 168 Å². The summed E-state index contributed by atoms with van der Waals surface area (Å²) >= 11 is 0. The molecule has 1 amide bonds. The van der Waals surface area contributed by atoms with E-state index < -0.39 is 10.0 Å². The Morgan fingerprint density at radius 1 is 1.11 bits per heavy atom. The molecule has 2 unspecified atom stereocenters. The molecule has 7 heteroatoms. The van der Waals surface area contributed by atoms with Crippen LogP contribution >= 0.6 is 0 Å². The third-order valence-electron chi connectivity index (χ3n) is 5.93. The summed E-state index contributed by atoms with van der Waals surface area (Å²) in [5.41, 5.74) is 1.79. The van der Waals surface area contributed by atoms with E-state index in [1.807, 2.05) is 20.9 Å². The Balaban J connectivity index is 1.67.